The quantitative estimate of drug-likeness (QED) is 0.809. The van der Waals surface area contributed by atoms with E-state index in [1.165, 1.54) is 5.56 Å². The van der Waals surface area contributed by atoms with Crippen LogP contribution in [0.5, 0.6) is 0 Å². The van der Waals surface area contributed by atoms with Crippen LogP contribution in [0.3, 0.4) is 0 Å². The normalized spacial score (nSPS) is 11.8. The molecule has 1 unspecified atom stereocenters. The Labute approximate surface area is 128 Å². The second-order valence-electron chi connectivity index (χ2n) is 5.34. The number of amides is 1. The van der Waals surface area contributed by atoms with E-state index in [2.05, 4.69) is 50.4 Å². The van der Waals surface area contributed by atoms with E-state index in [1.807, 2.05) is 0 Å². The highest BCUT2D eigenvalue weighted by molar-refractivity contribution is 5.85. The number of hydrogen-bond donors (Lipinski definition) is 2. The molecule has 114 valence electrons. The lowest BCUT2D eigenvalue weighted by atomic mass is 9.99. The summed E-state index contributed by atoms with van der Waals surface area (Å²) in [6.45, 7) is 6.92. The third kappa shape index (κ3) is 6.40. The van der Waals surface area contributed by atoms with Crippen molar-refractivity contribution in [2.45, 2.75) is 52.0 Å². The smallest absolute Gasteiger partial charge is 0.220 e. The van der Waals surface area contributed by atoms with Crippen LogP contribution in [0.1, 0.15) is 63.1 Å². The lowest BCUT2D eigenvalue weighted by Gasteiger charge is -2.14. The van der Waals surface area contributed by atoms with Crippen molar-refractivity contribution < 1.29 is 4.79 Å². The molecule has 0 fully saturated rings. The molecular formula is C16H27ClN2O. The predicted molar refractivity (Wildman–Crippen MR) is 87.2 cm³/mol. The second-order valence-corrected chi connectivity index (χ2v) is 5.34. The SMILES string of the molecule is CCCCC(=O)NCC(N)c1ccc(C(C)C)cc1.Cl. The third-order valence-corrected chi connectivity index (χ3v) is 3.31. The fourth-order valence-corrected chi connectivity index (χ4v) is 1.90. The number of carbonyl (C=O) groups is 1. The minimum atomic E-state index is -0.133. The van der Waals surface area contributed by atoms with Crippen LogP contribution >= 0.6 is 12.4 Å². The van der Waals surface area contributed by atoms with Gasteiger partial charge in [0.1, 0.15) is 0 Å². The number of unbranched alkanes of at least 4 members (excludes halogenated alkanes) is 1. The third-order valence-electron chi connectivity index (χ3n) is 3.31. The van der Waals surface area contributed by atoms with Crippen molar-refractivity contribution >= 4 is 18.3 Å². The summed E-state index contributed by atoms with van der Waals surface area (Å²) in [5.74, 6) is 0.620. The Morgan fingerprint density at radius 3 is 2.25 bits per heavy atom. The van der Waals surface area contributed by atoms with Crippen molar-refractivity contribution in [1.82, 2.24) is 5.32 Å². The highest BCUT2D eigenvalue weighted by Crippen LogP contribution is 2.17. The Morgan fingerprint density at radius 1 is 1.20 bits per heavy atom. The highest BCUT2D eigenvalue weighted by atomic mass is 35.5. The van der Waals surface area contributed by atoms with Crippen LogP contribution in [-0.2, 0) is 4.79 Å². The zero-order valence-corrected chi connectivity index (χ0v) is 13.5. The fraction of sp³-hybridized carbons (Fsp3) is 0.562. The molecule has 0 aliphatic rings. The van der Waals surface area contributed by atoms with Gasteiger partial charge in [-0.25, -0.2) is 0 Å². The van der Waals surface area contributed by atoms with Crippen LogP contribution in [0.25, 0.3) is 0 Å². The van der Waals surface area contributed by atoms with Gasteiger partial charge in [-0.3, -0.25) is 4.79 Å². The van der Waals surface area contributed by atoms with E-state index in [0.29, 0.717) is 18.9 Å². The molecule has 3 N–H and O–H groups in total. The number of benzene rings is 1. The van der Waals surface area contributed by atoms with Crippen molar-refractivity contribution in [2.75, 3.05) is 6.54 Å². The zero-order chi connectivity index (χ0) is 14.3. The van der Waals surface area contributed by atoms with Gasteiger partial charge >= 0.3 is 0 Å². The monoisotopic (exact) mass is 298 g/mol. The van der Waals surface area contributed by atoms with Crippen LogP contribution < -0.4 is 11.1 Å². The molecule has 1 aromatic rings. The lowest BCUT2D eigenvalue weighted by Crippen LogP contribution is -2.31. The van der Waals surface area contributed by atoms with Gasteiger partial charge in [-0.05, 0) is 23.5 Å². The number of hydrogen-bond acceptors (Lipinski definition) is 2. The summed E-state index contributed by atoms with van der Waals surface area (Å²) >= 11 is 0. The number of rotatable bonds is 7. The molecule has 0 heterocycles. The largest absolute Gasteiger partial charge is 0.354 e. The van der Waals surface area contributed by atoms with Crippen molar-refractivity contribution in [3.05, 3.63) is 35.4 Å². The van der Waals surface area contributed by atoms with E-state index < -0.39 is 0 Å². The van der Waals surface area contributed by atoms with Gasteiger partial charge in [0.25, 0.3) is 0 Å². The van der Waals surface area contributed by atoms with E-state index in [1.54, 1.807) is 0 Å². The number of nitrogens with two attached hydrogens (primary N) is 1. The molecule has 1 aromatic carbocycles. The molecule has 0 bridgehead atoms. The standard InChI is InChI=1S/C16H26N2O.ClH/c1-4-5-6-16(19)18-11-15(17)14-9-7-13(8-10-14)12(2)3;/h7-10,12,15H,4-6,11,17H2,1-3H3,(H,18,19);1H. The predicted octanol–water partition coefficient (Wildman–Crippen LogP) is 3.54. The van der Waals surface area contributed by atoms with Crippen LogP contribution in [0.4, 0.5) is 0 Å². The molecule has 0 spiro atoms. The van der Waals surface area contributed by atoms with E-state index in [0.717, 1.165) is 18.4 Å². The van der Waals surface area contributed by atoms with Gasteiger partial charge in [-0.2, -0.15) is 0 Å². The summed E-state index contributed by atoms with van der Waals surface area (Å²) in [6.07, 6.45) is 2.57. The maximum Gasteiger partial charge on any atom is 0.220 e. The van der Waals surface area contributed by atoms with Gasteiger partial charge in [0.2, 0.25) is 5.91 Å². The summed E-state index contributed by atoms with van der Waals surface area (Å²) in [5.41, 5.74) is 8.46. The van der Waals surface area contributed by atoms with Crippen LogP contribution in [-0.4, -0.2) is 12.5 Å². The molecule has 3 nitrogen and oxygen atoms in total. The average molecular weight is 299 g/mol. The van der Waals surface area contributed by atoms with Gasteiger partial charge in [0.05, 0.1) is 0 Å². The first kappa shape index (κ1) is 18.9. The van der Waals surface area contributed by atoms with E-state index in [-0.39, 0.29) is 24.4 Å². The van der Waals surface area contributed by atoms with Crippen molar-refractivity contribution in [1.29, 1.82) is 0 Å². The van der Waals surface area contributed by atoms with Crippen LogP contribution in [0.2, 0.25) is 0 Å². The van der Waals surface area contributed by atoms with Crippen LogP contribution in [0, 0.1) is 0 Å². The summed E-state index contributed by atoms with van der Waals surface area (Å²) in [6, 6.07) is 8.19. The Bertz CT molecular complexity index is 390. The molecule has 1 rings (SSSR count). The van der Waals surface area contributed by atoms with Gasteiger partial charge in [-0.1, -0.05) is 51.5 Å². The number of carbonyl (C=O) groups excluding carboxylic acids is 1. The van der Waals surface area contributed by atoms with Gasteiger partial charge in [-0.15, -0.1) is 12.4 Å². The summed E-state index contributed by atoms with van der Waals surface area (Å²) < 4.78 is 0. The summed E-state index contributed by atoms with van der Waals surface area (Å²) in [5, 5.41) is 2.89. The molecule has 0 radical (unpaired) electrons. The van der Waals surface area contributed by atoms with E-state index in [9.17, 15) is 4.79 Å². The highest BCUT2D eigenvalue weighted by Gasteiger charge is 2.08. The topological polar surface area (TPSA) is 55.1 Å². The van der Waals surface area contributed by atoms with Gasteiger partial charge in [0, 0.05) is 19.0 Å². The minimum absolute atomic E-state index is 0. The van der Waals surface area contributed by atoms with Crippen molar-refractivity contribution in [3.8, 4) is 0 Å². The molecule has 0 aliphatic carbocycles. The van der Waals surface area contributed by atoms with E-state index in [4.69, 9.17) is 5.73 Å². The second kappa shape index (κ2) is 9.78. The Balaban J connectivity index is 0.00000361. The molecule has 1 atom stereocenters. The van der Waals surface area contributed by atoms with Crippen molar-refractivity contribution in [3.63, 3.8) is 0 Å². The maximum atomic E-state index is 11.5. The molecule has 0 saturated heterocycles. The fourth-order valence-electron chi connectivity index (χ4n) is 1.90. The summed E-state index contributed by atoms with van der Waals surface area (Å²) in [7, 11) is 0. The van der Waals surface area contributed by atoms with Crippen LogP contribution in [0.15, 0.2) is 24.3 Å². The molecule has 1 amide bonds. The van der Waals surface area contributed by atoms with E-state index >= 15 is 0 Å². The van der Waals surface area contributed by atoms with Gasteiger partial charge in [0.15, 0.2) is 0 Å². The number of halogens is 1. The average Bonchev–Trinajstić information content (AvgIpc) is 2.42. The molecule has 0 aliphatic heterocycles. The molecular weight excluding hydrogens is 272 g/mol. The molecule has 4 heteroatoms. The Kier molecular flexibility index (Phi) is 9.26. The molecule has 20 heavy (non-hydrogen) atoms. The first-order valence-electron chi connectivity index (χ1n) is 7.16. The molecule has 0 saturated carbocycles. The van der Waals surface area contributed by atoms with Gasteiger partial charge < -0.3 is 11.1 Å². The lowest BCUT2D eigenvalue weighted by molar-refractivity contribution is -0.121. The zero-order valence-electron chi connectivity index (χ0n) is 12.7. The first-order chi connectivity index (χ1) is 9.04. The Morgan fingerprint density at radius 2 is 1.75 bits per heavy atom. The van der Waals surface area contributed by atoms with Crippen molar-refractivity contribution in [2.24, 2.45) is 5.73 Å². The first-order valence-corrected chi connectivity index (χ1v) is 7.16. The summed E-state index contributed by atoms with van der Waals surface area (Å²) in [4.78, 5) is 11.5. The maximum absolute atomic E-state index is 11.5. The Hall–Kier alpha value is -1.06. The minimum Gasteiger partial charge on any atom is -0.354 e. The molecule has 0 aromatic heterocycles. The number of nitrogens with one attached hydrogen (secondary N) is 1.